The molecule has 2 aromatic rings. The number of nitrogens with one attached hydrogen (secondary N) is 3. The minimum Gasteiger partial charge on any atom is -0.398 e. The number of carbonyl (C=O) groups excluding carboxylic acids is 2. The predicted octanol–water partition coefficient (Wildman–Crippen LogP) is 4.26. The Kier molecular flexibility index (Phi) is 12.4. The van der Waals surface area contributed by atoms with E-state index in [-0.39, 0.29) is 5.84 Å². The van der Waals surface area contributed by atoms with Crippen molar-refractivity contribution in [3.63, 3.8) is 0 Å². The quantitative estimate of drug-likeness (QED) is 0.134. The smallest absolute Gasteiger partial charge is 0.225 e. The van der Waals surface area contributed by atoms with Crippen LogP contribution in [-0.2, 0) is 9.59 Å². The Balaban J connectivity index is 0.000000395. The Morgan fingerprint density at radius 2 is 1.86 bits per heavy atom. The van der Waals surface area contributed by atoms with Crippen molar-refractivity contribution >= 4 is 41.3 Å². The molecule has 35 heavy (non-hydrogen) atoms. The Bertz CT molecular complexity index is 1180. The molecule has 0 aromatic heterocycles. The van der Waals surface area contributed by atoms with Crippen LogP contribution in [-0.4, -0.2) is 37.0 Å². The number of anilines is 2. The van der Waals surface area contributed by atoms with E-state index in [9.17, 15) is 9.59 Å². The van der Waals surface area contributed by atoms with Crippen molar-refractivity contribution in [3.8, 4) is 0 Å². The number of ketones is 1. The summed E-state index contributed by atoms with van der Waals surface area (Å²) in [5, 5.41) is 18.4. The zero-order valence-corrected chi connectivity index (χ0v) is 20.2. The van der Waals surface area contributed by atoms with Gasteiger partial charge < -0.3 is 16.8 Å². The summed E-state index contributed by atoms with van der Waals surface area (Å²) in [7, 11) is 1.83. The van der Waals surface area contributed by atoms with Crippen molar-refractivity contribution < 1.29 is 9.59 Å². The molecule has 0 saturated carbocycles. The second kappa shape index (κ2) is 15.3. The number of benzene rings is 2. The third-order valence-corrected chi connectivity index (χ3v) is 4.63. The zero-order chi connectivity index (χ0) is 26.2. The van der Waals surface area contributed by atoms with Crippen molar-refractivity contribution in [2.24, 2.45) is 10.7 Å². The van der Waals surface area contributed by atoms with Gasteiger partial charge in [-0.2, -0.15) is 0 Å². The maximum Gasteiger partial charge on any atom is 0.225 e. The number of rotatable bonds is 7. The number of Topliss-reactive ketones (excluding diaryl/α,β-unsaturated/α-hetero) is 1. The molecule has 1 aliphatic carbocycles. The molecule has 2 aromatic carbocycles. The van der Waals surface area contributed by atoms with E-state index in [4.69, 9.17) is 22.3 Å². The molecule has 1 aliphatic rings. The molecule has 0 unspecified atom stereocenters. The van der Waals surface area contributed by atoms with Crippen LogP contribution in [0.1, 0.15) is 37.0 Å². The molecule has 0 amide bonds. The number of carbonyl (C=O) groups is 2. The number of nitrogen functional groups attached to an aromatic ring is 1. The van der Waals surface area contributed by atoms with Gasteiger partial charge in [0.05, 0.1) is 5.71 Å². The first-order valence-corrected chi connectivity index (χ1v) is 11.0. The summed E-state index contributed by atoms with van der Waals surface area (Å²) in [5.74, 6) is -0.249. The van der Waals surface area contributed by atoms with Crippen LogP contribution in [0.3, 0.4) is 0 Å². The number of aliphatic imine (C=N–C) groups is 1. The molecule has 0 spiro atoms. The number of hydrogen-bond donors (Lipinski definition) is 5. The molecular formula is C27H32N6O2. The highest BCUT2D eigenvalue weighted by molar-refractivity contribution is 6.34. The van der Waals surface area contributed by atoms with Crippen LogP contribution in [0.25, 0.3) is 0 Å². The van der Waals surface area contributed by atoms with Gasteiger partial charge in [0.1, 0.15) is 12.2 Å². The molecule has 7 N–H and O–H groups in total. The molecule has 182 valence electrons. The molecule has 8 nitrogen and oxygen atoms in total. The minimum absolute atomic E-state index is 0.216. The standard InChI is InChI=1S/C16H18N6.C9H8O2.C2H6/c1-21-12-4-2-3-10(7-12)15(19)13-8-11(5-6-14(13)18)16(20)22-9-17;10-7-9(11)8-5-3-1-2-4-6-8;1-2/h2-9,19,21H,18H2,1H3,(H3,17,20,22);1,3-7H,2H2;1-2H3. The number of nitrogens with two attached hydrogens (primary N) is 2. The fourth-order valence-corrected chi connectivity index (χ4v) is 2.87. The number of hydrogen-bond acceptors (Lipinski definition) is 6. The van der Waals surface area contributed by atoms with Gasteiger partial charge in [-0.1, -0.05) is 56.4 Å². The van der Waals surface area contributed by atoms with E-state index in [1.54, 1.807) is 36.4 Å². The zero-order valence-electron chi connectivity index (χ0n) is 20.2. The Morgan fingerprint density at radius 3 is 2.51 bits per heavy atom. The van der Waals surface area contributed by atoms with Gasteiger partial charge in [0.15, 0.2) is 6.29 Å². The van der Waals surface area contributed by atoms with E-state index in [0.29, 0.717) is 34.4 Å². The van der Waals surface area contributed by atoms with E-state index in [1.165, 1.54) is 0 Å². The highest BCUT2D eigenvalue weighted by Crippen LogP contribution is 2.20. The van der Waals surface area contributed by atoms with E-state index in [0.717, 1.165) is 24.0 Å². The Morgan fingerprint density at radius 1 is 1.11 bits per heavy atom. The highest BCUT2D eigenvalue weighted by Gasteiger charge is 2.11. The molecular weight excluding hydrogens is 440 g/mol. The highest BCUT2D eigenvalue weighted by atomic mass is 16.2. The second-order valence-electron chi connectivity index (χ2n) is 6.82. The third-order valence-electron chi connectivity index (χ3n) is 4.63. The number of nitrogens with zero attached hydrogens (tertiary/aromatic N) is 1. The van der Waals surface area contributed by atoms with Crippen molar-refractivity contribution in [1.82, 2.24) is 0 Å². The topological polar surface area (TPSA) is 158 Å². The van der Waals surface area contributed by atoms with Gasteiger partial charge in [0.2, 0.25) is 5.78 Å². The van der Waals surface area contributed by atoms with Crippen LogP contribution < -0.4 is 16.8 Å². The van der Waals surface area contributed by atoms with Gasteiger partial charge in [-0.15, -0.1) is 0 Å². The lowest BCUT2D eigenvalue weighted by Crippen LogP contribution is -2.15. The normalized spacial score (nSPS) is 12.0. The summed E-state index contributed by atoms with van der Waals surface area (Å²) in [5.41, 5.74) is 15.9. The summed E-state index contributed by atoms with van der Waals surface area (Å²) >= 11 is 0. The molecule has 0 aliphatic heterocycles. The first-order chi connectivity index (χ1) is 16.9. The van der Waals surface area contributed by atoms with E-state index in [2.05, 4.69) is 10.3 Å². The Labute approximate surface area is 206 Å². The fraction of sp³-hybridized carbons (Fsp3) is 0.148. The van der Waals surface area contributed by atoms with Gasteiger partial charge >= 0.3 is 0 Å². The molecule has 0 saturated heterocycles. The second-order valence-corrected chi connectivity index (χ2v) is 6.82. The SMILES string of the molecule is CC.CNc1cccc(C(=N)c2cc(C(N)=NC=N)ccc2N)c1.O=CC(=O)C1=CC=CCC=C1. The monoisotopic (exact) mass is 472 g/mol. The summed E-state index contributed by atoms with van der Waals surface area (Å²) in [6.45, 7) is 4.00. The van der Waals surface area contributed by atoms with E-state index < -0.39 is 5.78 Å². The summed E-state index contributed by atoms with van der Waals surface area (Å²) in [6.07, 6.45) is 10.9. The molecule has 3 rings (SSSR count). The van der Waals surface area contributed by atoms with Crippen LogP contribution in [0.15, 0.2) is 83.4 Å². The van der Waals surface area contributed by atoms with Gasteiger partial charge in [0, 0.05) is 40.7 Å². The van der Waals surface area contributed by atoms with E-state index >= 15 is 0 Å². The van der Waals surface area contributed by atoms with Crippen LogP contribution in [0.5, 0.6) is 0 Å². The Hall–Kier alpha value is -4.59. The number of amidine groups is 1. The average Bonchev–Trinajstić information content (AvgIpc) is 3.19. The maximum atomic E-state index is 10.8. The first kappa shape index (κ1) is 28.4. The largest absolute Gasteiger partial charge is 0.398 e. The van der Waals surface area contributed by atoms with Crippen molar-refractivity contribution in [2.75, 3.05) is 18.1 Å². The number of allylic oxidation sites excluding steroid dienone is 6. The molecule has 0 fully saturated rings. The van der Waals surface area contributed by atoms with Crippen LogP contribution >= 0.6 is 0 Å². The lowest BCUT2D eigenvalue weighted by Gasteiger charge is -2.11. The fourth-order valence-electron chi connectivity index (χ4n) is 2.87. The summed E-state index contributed by atoms with van der Waals surface area (Å²) in [4.78, 5) is 24.6. The lowest BCUT2D eigenvalue weighted by atomic mass is 9.98. The summed E-state index contributed by atoms with van der Waals surface area (Å²) < 4.78 is 0. The average molecular weight is 473 g/mol. The molecule has 0 bridgehead atoms. The lowest BCUT2D eigenvalue weighted by molar-refractivity contribution is -0.127. The number of aldehydes is 1. The van der Waals surface area contributed by atoms with Crippen molar-refractivity contribution in [1.29, 1.82) is 10.8 Å². The van der Waals surface area contributed by atoms with Crippen molar-refractivity contribution in [2.45, 2.75) is 20.3 Å². The van der Waals surface area contributed by atoms with Gasteiger partial charge in [-0.25, -0.2) is 4.99 Å². The molecule has 8 heteroatoms. The molecule has 0 radical (unpaired) electrons. The maximum absolute atomic E-state index is 10.8. The van der Waals surface area contributed by atoms with E-state index in [1.807, 2.05) is 57.3 Å². The minimum atomic E-state index is -0.465. The predicted molar refractivity (Wildman–Crippen MR) is 146 cm³/mol. The molecule has 0 heterocycles. The summed E-state index contributed by atoms with van der Waals surface area (Å²) in [6, 6.07) is 12.7. The van der Waals surface area contributed by atoms with Crippen LogP contribution in [0.4, 0.5) is 11.4 Å². The van der Waals surface area contributed by atoms with Crippen molar-refractivity contribution in [3.05, 3.63) is 95.1 Å². The first-order valence-electron chi connectivity index (χ1n) is 11.0. The van der Waals surface area contributed by atoms with Crippen LogP contribution in [0, 0.1) is 10.8 Å². The third kappa shape index (κ3) is 8.70. The van der Waals surface area contributed by atoms with Gasteiger partial charge in [-0.3, -0.25) is 20.4 Å². The van der Waals surface area contributed by atoms with Crippen LogP contribution in [0.2, 0.25) is 0 Å². The van der Waals surface area contributed by atoms with Gasteiger partial charge in [-0.05, 0) is 36.8 Å². The molecule has 0 atom stereocenters. The van der Waals surface area contributed by atoms with Gasteiger partial charge in [0.25, 0.3) is 0 Å².